The number of unbranched alkanes of at least 4 members (excludes halogenated alkanes) is 3. The second-order valence-corrected chi connectivity index (χ2v) is 5.88. The van der Waals surface area contributed by atoms with Crippen molar-refractivity contribution in [2.75, 3.05) is 0 Å². The number of carboxylic acids is 1. The number of carbonyl (C=O) groups is 1. The van der Waals surface area contributed by atoms with Crippen molar-refractivity contribution < 1.29 is 14.6 Å². The number of hydrogen-bond donors (Lipinski definition) is 1. The number of carboxylic acid groups (broad SMARTS) is 1. The topological polar surface area (TPSA) is 59.4 Å². The first-order chi connectivity index (χ1) is 10.1. The van der Waals surface area contributed by atoms with Gasteiger partial charge >= 0.3 is 5.97 Å². The number of pyridine rings is 1. The first kappa shape index (κ1) is 15.8. The fourth-order valence-corrected chi connectivity index (χ4v) is 2.80. The quantitative estimate of drug-likeness (QED) is 0.735. The summed E-state index contributed by atoms with van der Waals surface area (Å²) < 4.78 is 5.82. The summed E-state index contributed by atoms with van der Waals surface area (Å²) in [6.45, 7) is 4.18. The van der Waals surface area contributed by atoms with Crippen LogP contribution in [-0.4, -0.2) is 22.2 Å². The van der Waals surface area contributed by atoms with Gasteiger partial charge in [-0.2, -0.15) is 0 Å². The lowest BCUT2D eigenvalue weighted by Crippen LogP contribution is -2.16. The molecule has 4 nitrogen and oxygen atoms in total. The van der Waals surface area contributed by atoms with Gasteiger partial charge in [0.15, 0.2) is 0 Å². The van der Waals surface area contributed by atoms with Gasteiger partial charge in [-0.3, -0.25) is 0 Å². The third-order valence-corrected chi connectivity index (χ3v) is 4.02. The standard InChI is InChI=1S/C17H25NO3/c1-3-4-5-6-8-12(2)21-16-14(17(19)20)11-13-9-7-10-15(13)18-16/h11-12H,3-10H2,1-2H3,(H,19,20). The Morgan fingerprint density at radius 2 is 2.19 bits per heavy atom. The van der Waals surface area contributed by atoms with Crippen molar-refractivity contribution >= 4 is 5.97 Å². The SMILES string of the molecule is CCCCCCC(C)Oc1nc2c(cc1C(=O)O)CCC2. The van der Waals surface area contributed by atoms with Crippen LogP contribution in [0.25, 0.3) is 0 Å². The van der Waals surface area contributed by atoms with Crippen LogP contribution in [0, 0.1) is 0 Å². The van der Waals surface area contributed by atoms with E-state index in [0.717, 1.165) is 43.4 Å². The molecule has 1 aliphatic rings. The highest BCUT2D eigenvalue weighted by Gasteiger charge is 2.22. The van der Waals surface area contributed by atoms with Gasteiger partial charge in [-0.25, -0.2) is 9.78 Å². The summed E-state index contributed by atoms with van der Waals surface area (Å²) in [4.78, 5) is 15.8. The van der Waals surface area contributed by atoms with E-state index < -0.39 is 5.97 Å². The predicted octanol–water partition coefficient (Wildman–Crippen LogP) is 4.01. The molecule has 2 rings (SSSR count). The molecule has 0 amide bonds. The van der Waals surface area contributed by atoms with E-state index >= 15 is 0 Å². The van der Waals surface area contributed by atoms with Crippen LogP contribution in [-0.2, 0) is 12.8 Å². The molecule has 1 unspecified atom stereocenters. The Bertz CT molecular complexity index is 499. The third-order valence-electron chi connectivity index (χ3n) is 4.02. The zero-order valence-corrected chi connectivity index (χ0v) is 13.0. The number of hydrogen-bond acceptors (Lipinski definition) is 3. The van der Waals surface area contributed by atoms with Gasteiger partial charge in [-0.05, 0) is 50.7 Å². The first-order valence-electron chi connectivity index (χ1n) is 8.04. The van der Waals surface area contributed by atoms with E-state index in [-0.39, 0.29) is 11.7 Å². The van der Waals surface area contributed by atoms with E-state index in [1.165, 1.54) is 19.3 Å². The van der Waals surface area contributed by atoms with Crippen molar-refractivity contribution in [2.45, 2.75) is 71.3 Å². The van der Waals surface area contributed by atoms with Crippen LogP contribution < -0.4 is 4.74 Å². The van der Waals surface area contributed by atoms with E-state index in [9.17, 15) is 9.90 Å². The van der Waals surface area contributed by atoms with Gasteiger partial charge in [-0.15, -0.1) is 0 Å². The van der Waals surface area contributed by atoms with Crippen molar-refractivity contribution in [3.63, 3.8) is 0 Å². The van der Waals surface area contributed by atoms with Gasteiger partial charge in [0, 0.05) is 5.69 Å². The van der Waals surface area contributed by atoms with Crippen LogP contribution in [0.15, 0.2) is 6.07 Å². The zero-order valence-electron chi connectivity index (χ0n) is 13.0. The lowest BCUT2D eigenvalue weighted by Gasteiger charge is -2.16. The second kappa shape index (κ2) is 7.43. The lowest BCUT2D eigenvalue weighted by molar-refractivity contribution is 0.0687. The lowest BCUT2D eigenvalue weighted by atomic mass is 10.1. The van der Waals surface area contributed by atoms with E-state index in [4.69, 9.17) is 4.74 Å². The molecular weight excluding hydrogens is 266 g/mol. The van der Waals surface area contributed by atoms with Gasteiger partial charge in [0.1, 0.15) is 5.56 Å². The second-order valence-electron chi connectivity index (χ2n) is 5.88. The molecule has 0 spiro atoms. The molecule has 0 aromatic carbocycles. The molecule has 0 aliphatic heterocycles. The maximum Gasteiger partial charge on any atom is 0.341 e. The number of ether oxygens (including phenoxy) is 1. The van der Waals surface area contributed by atoms with Gasteiger partial charge in [0.25, 0.3) is 0 Å². The van der Waals surface area contributed by atoms with E-state index in [2.05, 4.69) is 11.9 Å². The van der Waals surface area contributed by atoms with E-state index in [0.29, 0.717) is 5.88 Å². The number of aryl methyl sites for hydroxylation is 2. The summed E-state index contributed by atoms with van der Waals surface area (Å²) in [7, 11) is 0. The van der Waals surface area contributed by atoms with Crippen molar-refractivity contribution in [3.05, 3.63) is 22.9 Å². The highest BCUT2D eigenvalue weighted by Crippen LogP contribution is 2.27. The smallest absolute Gasteiger partial charge is 0.341 e. The highest BCUT2D eigenvalue weighted by atomic mass is 16.5. The van der Waals surface area contributed by atoms with Gasteiger partial charge in [0.05, 0.1) is 6.10 Å². The zero-order chi connectivity index (χ0) is 15.2. The van der Waals surface area contributed by atoms with Crippen molar-refractivity contribution in [1.29, 1.82) is 0 Å². The molecule has 0 saturated heterocycles. The number of aromatic carboxylic acids is 1. The van der Waals surface area contributed by atoms with Crippen molar-refractivity contribution in [2.24, 2.45) is 0 Å². The molecular formula is C17H25NO3. The van der Waals surface area contributed by atoms with E-state index in [1.807, 2.05) is 6.92 Å². The number of aromatic nitrogens is 1. The Kier molecular flexibility index (Phi) is 5.59. The average molecular weight is 291 g/mol. The minimum atomic E-state index is -0.953. The van der Waals surface area contributed by atoms with Crippen molar-refractivity contribution in [3.8, 4) is 5.88 Å². The molecule has 1 N–H and O–H groups in total. The van der Waals surface area contributed by atoms with Gasteiger partial charge in [0.2, 0.25) is 5.88 Å². The number of rotatable bonds is 8. The average Bonchev–Trinajstić information content (AvgIpc) is 2.89. The fourth-order valence-electron chi connectivity index (χ4n) is 2.80. The minimum Gasteiger partial charge on any atom is -0.477 e. The summed E-state index contributed by atoms with van der Waals surface area (Å²) in [5.41, 5.74) is 2.28. The molecule has 116 valence electrons. The number of nitrogens with zero attached hydrogens (tertiary/aromatic N) is 1. The Morgan fingerprint density at radius 3 is 2.90 bits per heavy atom. The highest BCUT2D eigenvalue weighted by molar-refractivity contribution is 5.90. The molecule has 1 aliphatic carbocycles. The molecule has 4 heteroatoms. The monoisotopic (exact) mass is 291 g/mol. The molecule has 0 saturated carbocycles. The minimum absolute atomic E-state index is 0.00640. The van der Waals surface area contributed by atoms with Crippen LogP contribution in [0.2, 0.25) is 0 Å². The third kappa shape index (κ3) is 4.19. The summed E-state index contributed by atoms with van der Waals surface area (Å²) in [5.74, 6) is -0.656. The molecule has 1 atom stereocenters. The summed E-state index contributed by atoms with van der Waals surface area (Å²) in [6, 6.07) is 1.75. The molecule has 21 heavy (non-hydrogen) atoms. The molecule has 1 heterocycles. The largest absolute Gasteiger partial charge is 0.477 e. The Labute approximate surface area is 126 Å². The Morgan fingerprint density at radius 1 is 1.38 bits per heavy atom. The fraction of sp³-hybridized carbons (Fsp3) is 0.647. The Balaban J connectivity index is 2.03. The molecule has 1 aromatic heterocycles. The first-order valence-corrected chi connectivity index (χ1v) is 8.04. The normalized spacial score (nSPS) is 14.8. The van der Waals surface area contributed by atoms with Crippen LogP contribution in [0.5, 0.6) is 5.88 Å². The van der Waals surface area contributed by atoms with Gasteiger partial charge in [-0.1, -0.05) is 26.2 Å². The maximum absolute atomic E-state index is 11.4. The molecule has 0 radical (unpaired) electrons. The summed E-state index contributed by atoms with van der Waals surface area (Å²) in [5, 5.41) is 9.34. The summed E-state index contributed by atoms with van der Waals surface area (Å²) >= 11 is 0. The Hall–Kier alpha value is -1.58. The van der Waals surface area contributed by atoms with Crippen molar-refractivity contribution in [1.82, 2.24) is 4.98 Å². The summed E-state index contributed by atoms with van der Waals surface area (Å²) in [6.07, 6.45) is 8.62. The van der Waals surface area contributed by atoms with Crippen LogP contribution >= 0.6 is 0 Å². The number of fused-ring (bicyclic) bond motifs is 1. The van der Waals surface area contributed by atoms with Gasteiger partial charge < -0.3 is 9.84 Å². The predicted molar refractivity (Wildman–Crippen MR) is 82.1 cm³/mol. The van der Waals surface area contributed by atoms with E-state index in [1.54, 1.807) is 6.07 Å². The van der Waals surface area contributed by atoms with Crippen LogP contribution in [0.4, 0.5) is 0 Å². The maximum atomic E-state index is 11.4. The van der Waals surface area contributed by atoms with Crippen LogP contribution in [0.3, 0.4) is 0 Å². The molecule has 1 aromatic rings. The molecule has 0 bridgehead atoms. The molecule has 0 fully saturated rings. The van der Waals surface area contributed by atoms with Crippen LogP contribution in [0.1, 0.15) is 74.0 Å².